The number of methoxy groups -OCH3 is 2. The lowest BCUT2D eigenvalue weighted by molar-refractivity contribution is -0.139. The molecular weight excluding hydrogens is 462 g/mol. The molecule has 9 heteroatoms. The number of benzene rings is 2. The Morgan fingerprint density at radius 3 is 2.47 bits per heavy atom. The molecule has 0 spiro atoms. The van der Waals surface area contributed by atoms with E-state index in [-0.39, 0.29) is 27.7 Å². The summed E-state index contributed by atoms with van der Waals surface area (Å²) in [4.78, 5) is 27.8. The zero-order chi connectivity index (χ0) is 24.4. The molecule has 2 aromatic carbocycles. The molecule has 1 atom stereocenters. The van der Waals surface area contributed by atoms with Crippen LogP contribution in [0.5, 0.6) is 23.0 Å². The normalized spacial score (nSPS) is 18.8. The fourth-order valence-electron chi connectivity index (χ4n) is 4.21. The number of aliphatic hydroxyl groups is 1. The first-order chi connectivity index (χ1) is 16.4. The zero-order valence-electron chi connectivity index (χ0n) is 19.2. The molecule has 2 aromatic rings. The first-order valence-corrected chi connectivity index (χ1v) is 11.4. The highest BCUT2D eigenvalue weighted by molar-refractivity contribution is 6.46. The van der Waals surface area contributed by atoms with Crippen LogP contribution in [0.2, 0.25) is 5.02 Å². The Morgan fingerprint density at radius 2 is 1.79 bits per heavy atom. The average Bonchev–Trinajstić information content (AvgIpc) is 3.11. The van der Waals surface area contributed by atoms with Crippen LogP contribution in [0.1, 0.15) is 36.9 Å². The van der Waals surface area contributed by atoms with Gasteiger partial charge in [0.25, 0.3) is 11.7 Å². The minimum atomic E-state index is -0.811. The van der Waals surface area contributed by atoms with E-state index in [2.05, 4.69) is 0 Å². The van der Waals surface area contributed by atoms with E-state index in [1.807, 2.05) is 6.92 Å². The molecule has 8 nitrogen and oxygen atoms in total. The van der Waals surface area contributed by atoms with Crippen LogP contribution in [0.3, 0.4) is 0 Å². The monoisotopic (exact) mass is 487 g/mol. The Morgan fingerprint density at radius 1 is 1.09 bits per heavy atom. The summed E-state index contributed by atoms with van der Waals surface area (Å²) in [6.45, 7) is 3.20. The molecule has 180 valence electrons. The number of hydrogen-bond donors (Lipinski definition) is 1. The van der Waals surface area contributed by atoms with Gasteiger partial charge in [0.05, 0.1) is 36.4 Å². The predicted molar refractivity (Wildman–Crippen MR) is 126 cm³/mol. The van der Waals surface area contributed by atoms with Gasteiger partial charge in [-0.25, -0.2) is 0 Å². The summed E-state index contributed by atoms with van der Waals surface area (Å²) in [7, 11) is 2.86. The highest BCUT2D eigenvalue weighted by Crippen LogP contribution is 2.44. The lowest BCUT2D eigenvalue weighted by Gasteiger charge is -2.27. The van der Waals surface area contributed by atoms with Crippen LogP contribution in [0.15, 0.2) is 35.9 Å². The SMILES string of the molecule is CCCCN1C(=O)C(=O)/C(=C(/O)c2cc(OC)c(Cl)cc2OC)C1c1ccc2c(c1)OCCO2. The summed E-state index contributed by atoms with van der Waals surface area (Å²) < 4.78 is 22.0. The van der Waals surface area contributed by atoms with Gasteiger partial charge in [0.2, 0.25) is 0 Å². The van der Waals surface area contributed by atoms with Crippen molar-refractivity contribution in [3.63, 3.8) is 0 Å². The van der Waals surface area contributed by atoms with E-state index in [1.54, 1.807) is 18.2 Å². The second kappa shape index (κ2) is 9.85. The van der Waals surface area contributed by atoms with Crippen molar-refractivity contribution in [3.05, 3.63) is 52.1 Å². The number of ether oxygens (including phenoxy) is 4. The lowest BCUT2D eigenvalue weighted by atomic mass is 9.94. The van der Waals surface area contributed by atoms with E-state index in [0.29, 0.717) is 49.0 Å². The molecule has 1 amide bonds. The summed E-state index contributed by atoms with van der Waals surface area (Å²) in [5.74, 6) is -0.174. The second-order valence-electron chi connectivity index (χ2n) is 7.94. The number of likely N-dealkylation sites (tertiary alicyclic amines) is 1. The topological polar surface area (TPSA) is 94.5 Å². The van der Waals surface area contributed by atoms with Crippen LogP contribution in [0.25, 0.3) is 5.76 Å². The van der Waals surface area contributed by atoms with Crippen LogP contribution in [0, 0.1) is 0 Å². The highest BCUT2D eigenvalue weighted by atomic mass is 35.5. The Hall–Kier alpha value is -3.39. The number of halogens is 1. The van der Waals surface area contributed by atoms with Crippen molar-refractivity contribution >= 4 is 29.1 Å². The minimum Gasteiger partial charge on any atom is -0.507 e. The molecule has 1 N–H and O–H groups in total. The van der Waals surface area contributed by atoms with E-state index in [0.717, 1.165) is 6.42 Å². The largest absolute Gasteiger partial charge is 0.507 e. The number of Topliss-reactive ketones (excluding diaryl/α,β-unsaturated/α-hetero) is 1. The van der Waals surface area contributed by atoms with E-state index >= 15 is 0 Å². The van der Waals surface area contributed by atoms with Crippen molar-refractivity contribution < 1.29 is 33.6 Å². The fraction of sp³-hybridized carbons (Fsp3) is 0.360. The van der Waals surface area contributed by atoms with E-state index in [4.69, 9.17) is 30.5 Å². The first kappa shape index (κ1) is 23.8. The number of ketones is 1. The molecule has 1 saturated heterocycles. The molecule has 0 aromatic heterocycles. The maximum absolute atomic E-state index is 13.2. The molecular formula is C25H26ClNO7. The summed E-state index contributed by atoms with van der Waals surface area (Å²) in [6.07, 6.45) is 1.53. The molecule has 0 radical (unpaired) electrons. The molecule has 2 heterocycles. The number of rotatable bonds is 7. The van der Waals surface area contributed by atoms with E-state index in [9.17, 15) is 14.7 Å². The zero-order valence-corrected chi connectivity index (χ0v) is 20.0. The third-order valence-electron chi connectivity index (χ3n) is 5.90. The van der Waals surface area contributed by atoms with Gasteiger partial charge in [-0.05, 0) is 30.2 Å². The molecule has 4 rings (SSSR count). The van der Waals surface area contributed by atoms with Crippen LogP contribution in [-0.2, 0) is 9.59 Å². The number of nitrogens with zero attached hydrogens (tertiary/aromatic N) is 1. The van der Waals surface area contributed by atoms with Crippen LogP contribution in [-0.4, -0.2) is 55.7 Å². The van der Waals surface area contributed by atoms with Crippen molar-refractivity contribution in [2.24, 2.45) is 0 Å². The van der Waals surface area contributed by atoms with Crippen molar-refractivity contribution in [1.29, 1.82) is 0 Å². The van der Waals surface area contributed by atoms with Gasteiger partial charge in [0.15, 0.2) is 11.5 Å². The van der Waals surface area contributed by atoms with Gasteiger partial charge in [-0.3, -0.25) is 9.59 Å². The highest BCUT2D eigenvalue weighted by Gasteiger charge is 2.46. The van der Waals surface area contributed by atoms with Gasteiger partial charge in [-0.1, -0.05) is 31.0 Å². The maximum atomic E-state index is 13.2. The van der Waals surface area contributed by atoms with Gasteiger partial charge in [0, 0.05) is 12.6 Å². The fourth-order valence-corrected chi connectivity index (χ4v) is 4.44. The van der Waals surface area contributed by atoms with Gasteiger partial charge in [-0.2, -0.15) is 0 Å². The Balaban J connectivity index is 1.91. The molecule has 34 heavy (non-hydrogen) atoms. The summed E-state index contributed by atoms with van der Waals surface area (Å²) in [6, 6.07) is 7.43. The van der Waals surface area contributed by atoms with Crippen molar-refractivity contribution in [1.82, 2.24) is 4.90 Å². The van der Waals surface area contributed by atoms with E-state index in [1.165, 1.54) is 31.3 Å². The Labute approximate surface area is 202 Å². The molecule has 0 saturated carbocycles. The third-order valence-corrected chi connectivity index (χ3v) is 6.20. The van der Waals surface area contributed by atoms with Gasteiger partial charge in [0.1, 0.15) is 30.5 Å². The smallest absolute Gasteiger partial charge is 0.295 e. The summed E-state index contributed by atoms with van der Waals surface area (Å²) in [5.41, 5.74) is 0.779. The molecule has 2 aliphatic heterocycles. The third kappa shape index (κ3) is 4.14. The maximum Gasteiger partial charge on any atom is 0.295 e. The first-order valence-electron chi connectivity index (χ1n) is 11.0. The number of carbonyl (C=O) groups is 2. The van der Waals surface area contributed by atoms with Crippen molar-refractivity contribution in [3.8, 4) is 23.0 Å². The van der Waals surface area contributed by atoms with Crippen molar-refractivity contribution in [2.75, 3.05) is 34.0 Å². The molecule has 0 bridgehead atoms. The standard InChI is InChI=1S/C25H26ClNO7/c1-4-5-8-27-22(14-6-7-17-20(11-14)34-10-9-33-17)21(24(29)25(27)30)23(28)15-12-19(32-3)16(26)13-18(15)31-2/h6-7,11-13,22,28H,4-5,8-10H2,1-3H3/b23-21+. The minimum absolute atomic E-state index is 0.0412. The van der Waals surface area contributed by atoms with Gasteiger partial charge < -0.3 is 29.0 Å². The molecule has 0 aliphatic carbocycles. The summed E-state index contributed by atoms with van der Waals surface area (Å²) >= 11 is 6.21. The quantitative estimate of drug-likeness (QED) is 0.352. The molecule has 1 fully saturated rings. The summed E-state index contributed by atoms with van der Waals surface area (Å²) in [5, 5.41) is 11.7. The van der Waals surface area contributed by atoms with Crippen molar-refractivity contribution in [2.45, 2.75) is 25.8 Å². The number of carbonyl (C=O) groups excluding carboxylic acids is 2. The number of fused-ring (bicyclic) bond motifs is 1. The average molecular weight is 488 g/mol. The number of amides is 1. The number of unbranched alkanes of at least 4 members (excludes halogenated alkanes) is 1. The lowest BCUT2D eigenvalue weighted by Crippen LogP contribution is -2.30. The number of hydrogen-bond acceptors (Lipinski definition) is 7. The van der Waals surface area contributed by atoms with Gasteiger partial charge in [-0.15, -0.1) is 0 Å². The number of aliphatic hydroxyl groups excluding tert-OH is 1. The Bertz CT molecular complexity index is 1160. The van der Waals surface area contributed by atoms with Crippen LogP contribution >= 0.6 is 11.6 Å². The van der Waals surface area contributed by atoms with Gasteiger partial charge >= 0.3 is 0 Å². The van der Waals surface area contributed by atoms with Crippen LogP contribution < -0.4 is 18.9 Å². The Kier molecular flexibility index (Phi) is 6.88. The predicted octanol–water partition coefficient (Wildman–Crippen LogP) is 4.35. The molecule has 2 aliphatic rings. The second-order valence-corrected chi connectivity index (χ2v) is 8.34. The molecule has 1 unspecified atom stereocenters. The van der Waals surface area contributed by atoms with E-state index < -0.39 is 17.7 Å². The van der Waals surface area contributed by atoms with Crippen LogP contribution in [0.4, 0.5) is 0 Å².